The van der Waals surface area contributed by atoms with Gasteiger partial charge in [-0.3, -0.25) is 0 Å². The fourth-order valence-corrected chi connectivity index (χ4v) is 4.53. The van der Waals surface area contributed by atoms with E-state index in [-0.39, 0.29) is 0 Å². The summed E-state index contributed by atoms with van der Waals surface area (Å²) >= 11 is 0. The first kappa shape index (κ1) is 18.1. The molecule has 0 atom stereocenters. The minimum Gasteiger partial charge on any atom is -0.465 e. The number of benzene rings is 1. The van der Waals surface area contributed by atoms with E-state index in [4.69, 9.17) is 5.11 Å². The van der Waals surface area contributed by atoms with Crippen molar-refractivity contribution in [3.8, 4) is 0 Å². The molecule has 0 aromatic heterocycles. The minimum atomic E-state index is -0.798. The second kappa shape index (κ2) is 7.27. The number of piperazine rings is 1. The highest BCUT2D eigenvalue weighted by Crippen LogP contribution is 2.45. The van der Waals surface area contributed by atoms with Crippen molar-refractivity contribution in [3.63, 3.8) is 0 Å². The van der Waals surface area contributed by atoms with Gasteiger partial charge >= 0.3 is 6.09 Å². The Bertz CT molecular complexity index is 592. The van der Waals surface area contributed by atoms with Crippen LogP contribution < -0.4 is 4.90 Å². The predicted octanol–water partition coefficient (Wildman–Crippen LogP) is 4.81. The highest BCUT2D eigenvalue weighted by molar-refractivity contribution is 5.66. The van der Waals surface area contributed by atoms with Crippen LogP contribution in [0, 0.1) is 11.3 Å². The number of nitrogens with zero attached hydrogens (tertiary/aromatic N) is 2. The van der Waals surface area contributed by atoms with Crippen LogP contribution in [0.3, 0.4) is 0 Å². The summed E-state index contributed by atoms with van der Waals surface area (Å²) in [6.45, 7) is 9.89. The van der Waals surface area contributed by atoms with Gasteiger partial charge in [-0.15, -0.1) is 0 Å². The summed E-state index contributed by atoms with van der Waals surface area (Å²) in [7, 11) is 0. The summed E-state index contributed by atoms with van der Waals surface area (Å²) in [6.07, 6.45) is 4.38. The predicted molar refractivity (Wildman–Crippen MR) is 102 cm³/mol. The van der Waals surface area contributed by atoms with Gasteiger partial charge in [-0.2, -0.15) is 0 Å². The van der Waals surface area contributed by atoms with Crippen molar-refractivity contribution in [2.45, 2.75) is 52.4 Å². The van der Waals surface area contributed by atoms with E-state index >= 15 is 0 Å². The van der Waals surface area contributed by atoms with Gasteiger partial charge in [0.2, 0.25) is 0 Å². The Kier molecular flexibility index (Phi) is 5.26. The quantitative estimate of drug-likeness (QED) is 0.837. The molecule has 0 radical (unpaired) electrons. The fraction of sp³-hybridized carbons (Fsp3) is 0.667. The van der Waals surface area contributed by atoms with Crippen LogP contribution in [-0.4, -0.2) is 42.3 Å². The van der Waals surface area contributed by atoms with Gasteiger partial charge in [-0.1, -0.05) is 39.0 Å². The molecule has 1 aromatic rings. The van der Waals surface area contributed by atoms with Crippen LogP contribution in [0.1, 0.15) is 57.9 Å². The number of amides is 1. The Morgan fingerprint density at radius 3 is 2.16 bits per heavy atom. The van der Waals surface area contributed by atoms with E-state index in [1.165, 1.54) is 41.8 Å². The first-order chi connectivity index (χ1) is 11.9. The highest BCUT2D eigenvalue weighted by Gasteiger charge is 2.31. The molecule has 1 aliphatic carbocycles. The molecule has 1 aromatic carbocycles. The SMILES string of the molecule is CC(C)(C)C1CCC(c2ccccc2N2CCN(C(=O)O)CC2)CC1. The normalized spacial score (nSPS) is 25.1. The lowest BCUT2D eigenvalue weighted by Gasteiger charge is -2.40. The van der Waals surface area contributed by atoms with Crippen molar-refractivity contribution in [2.24, 2.45) is 11.3 Å². The molecule has 2 fully saturated rings. The number of carbonyl (C=O) groups is 1. The monoisotopic (exact) mass is 344 g/mol. The van der Waals surface area contributed by atoms with Gasteiger partial charge in [-0.25, -0.2) is 4.79 Å². The van der Waals surface area contributed by atoms with Gasteiger partial charge in [0.15, 0.2) is 0 Å². The highest BCUT2D eigenvalue weighted by atomic mass is 16.4. The van der Waals surface area contributed by atoms with E-state index in [0.29, 0.717) is 24.4 Å². The van der Waals surface area contributed by atoms with Crippen LogP contribution >= 0.6 is 0 Å². The summed E-state index contributed by atoms with van der Waals surface area (Å²) in [5.41, 5.74) is 3.21. The van der Waals surface area contributed by atoms with Crippen LogP contribution in [0.2, 0.25) is 0 Å². The molecule has 3 rings (SSSR count). The topological polar surface area (TPSA) is 43.8 Å². The lowest BCUT2D eigenvalue weighted by atomic mass is 9.68. The van der Waals surface area contributed by atoms with Crippen molar-refractivity contribution >= 4 is 11.8 Å². The average Bonchev–Trinajstić information content (AvgIpc) is 2.61. The molecule has 1 N–H and O–H groups in total. The third-order valence-electron chi connectivity index (χ3n) is 6.22. The maximum atomic E-state index is 11.1. The Labute approximate surface area is 151 Å². The molecule has 0 unspecified atom stereocenters. The molecular formula is C21H32N2O2. The van der Waals surface area contributed by atoms with Gasteiger partial charge in [0.05, 0.1) is 0 Å². The van der Waals surface area contributed by atoms with Gasteiger partial charge < -0.3 is 14.9 Å². The summed E-state index contributed by atoms with van der Waals surface area (Å²) in [5.74, 6) is 1.47. The first-order valence-electron chi connectivity index (χ1n) is 9.68. The van der Waals surface area contributed by atoms with Crippen LogP contribution in [0.15, 0.2) is 24.3 Å². The number of anilines is 1. The van der Waals surface area contributed by atoms with Gasteiger partial charge in [0.1, 0.15) is 0 Å². The summed E-state index contributed by atoms with van der Waals surface area (Å²) in [5, 5.41) is 9.15. The fourth-order valence-electron chi connectivity index (χ4n) is 4.53. The Morgan fingerprint density at radius 1 is 1.00 bits per heavy atom. The lowest BCUT2D eigenvalue weighted by molar-refractivity contribution is 0.142. The van der Waals surface area contributed by atoms with E-state index < -0.39 is 6.09 Å². The van der Waals surface area contributed by atoms with E-state index in [0.717, 1.165) is 19.0 Å². The Morgan fingerprint density at radius 2 is 1.60 bits per heavy atom. The third kappa shape index (κ3) is 4.10. The lowest BCUT2D eigenvalue weighted by Crippen LogP contribution is -2.48. The van der Waals surface area contributed by atoms with Gasteiger partial charge in [0, 0.05) is 31.9 Å². The number of rotatable bonds is 2. The Balaban J connectivity index is 1.69. The molecule has 1 saturated heterocycles. The molecule has 0 bridgehead atoms. The van der Waals surface area contributed by atoms with Crippen LogP contribution in [0.25, 0.3) is 0 Å². The maximum absolute atomic E-state index is 11.1. The zero-order chi connectivity index (χ0) is 18.0. The molecule has 1 amide bonds. The number of hydrogen-bond donors (Lipinski definition) is 1. The van der Waals surface area contributed by atoms with Crippen molar-refractivity contribution < 1.29 is 9.90 Å². The average molecular weight is 344 g/mol. The zero-order valence-electron chi connectivity index (χ0n) is 15.9. The van der Waals surface area contributed by atoms with Gasteiger partial charge in [0.25, 0.3) is 0 Å². The number of hydrogen-bond acceptors (Lipinski definition) is 2. The summed E-state index contributed by atoms with van der Waals surface area (Å²) < 4.78 is 0. The maximum Gasteiger partial charge on any atom is 0.407 e. The standard InChI is InChI=1S/C21H32N2O2/c1-21(2,3)17-10-8-16(9-11-17)18-6-4-5-7-19(18)22-12-14-23(15-13-22)20(24)25/h4-7,16-17H,8-15H2,1-3H3,(H,24,25). The summed E-state index contributed by atoms with van der Waals surface area (Å²) in [6, 6.07) is 8.79. The smallest absolute Gasteiger partial charge is 0.407 e. The molecule has 2 aliphatic rings. The summed E-state index contributed by atoms with van der Waals surface area (Å²) in [4.78, 5) is 15.0. The van der Waals surface area contributed by atoms with E-state index in [1.54, 1.807) is 0 Å². The molecule has 1 saturated carbocycles. The van der Waals surface area contributed by atoms with Crippen LogP contribution in [0.4, 0.5) is 10.5 Å². The van der Waals surface area contributed by atoms with Gasteiger partial charge in [-0.05, 0) is 54.6 Å². The molecule has 4 heteroatoms. The van der Waals surface area contributed by atoms with Crippen LogP contribution in [0.5, 0.6) is 0 Å². The van der Waals surface area contributed by atoms with Crippen molar-refractivity contribution in [2.75, 3.05) is 31.1 Å². The second-order valence-corrected chi connectivity index (χ2v) is 8.73. The van der Waals surface area contributed by atoms with Crippen molar-refractivity contribution in [1.82, 2.24) is 4.90 Å². The van der Waals surface area contributed by atoms with E-state index in [2.05, 4.69) is 49.9 Å². The minimum absolute atomic E-state index is 0.414. The third-order valence-corrected chi connectivity index (χ3v) is 6.22. The largest absolute Gasteiger partial charge is 0.465 e. The van der Waals surface area contributed by atoms with E-state index in [9.17, 15) is 4.79 Å². The van der Waals surface area contributed by atoms with Crippen LogP contribution in [-0.2, 0) is 0 Å². The zero-order valence-corrected chi connectivity index (χ0v) is 15.9. The number of carboxylic acid groups (broad SMARTS) is 1. The molecule has 0 spiro atoms. The molecule has 1 heterocycles. The van der Waals surface area contributed by atoms with Crippen molar-refractivity contribution in [3.05, 3.63) is 29.8 Å². The Hall–Kier alpha value is -1.71. The second-order valence-electron chi connectivity index (χ2n) is 8.73. The number of para-hydroxylation sites is 1. The molecule has 1 aliphatic heterocycles. The van der Waals surface area contributed by atoms with Crippen molar-refractivity contribution in [1.29, 1.82) is 0 Å². The molecule has 138 valence electrons. The molecule has 4 nitrogen and oxygen atoms in total. The molecular weight excluding hydrogens is 312 g/mol. The first-order valence-corrected chi connectivity index (χ1v) is 9.68. The molecule has 25 heavy (non-hydrogen) atoms. The van der Waals surface area contributed by atoms with E-state index in [1.807, 2.05) is 0 Å².